The maximum absolute atomic E-state index is 10.2. The van der Waals surface area contributed by atoms with Crippen LogP contribution >= 0.6 is 0 Å². The van der Waals surface area contributed by atoms with Crippen LogP contribution in [0.3, 0.4) is 0 Å². The summed E-state index contributed by atoms with van der Waals surface area (Å²) in [4.78, 5) is 0. The summed E-state index contributed by atoms with van der Waals surface area (Å²) in [7, 11) is 0. The average Bonchev–Trinajstić information content (AvgIpc) is 2.99. The van der Waals surface area contributed by atoms with Crippen LogP contribution in [0.1, 0.15) is 105 Å². The van der Waals surface area contributed by atoms with Gasteiger partial charge in [-0.1, -0.05) is 65.5 Å². The lowest BCUT2D eigenvalue weighted by Crippen LogP contribution is -2.50. The number of allylic oxidation sites excluding steroid dienone is 1. The normalized spacial score (nSPS) is 44.9. The zero-order valence-corrected chi connectivity index (χ0v) is 19.8. The van der Waals surface area contributed by atoms with Crippen molar-refractivity contribution in [3.8, 4) is 0 Å². The van der Waals surface area contributed by atoms with Gasteiger partial charge in [0.05, 0.1) is 6.10 Å². The zero-order chi connectivity index (χ0) is 20.1. The van der Waals surface area contributed by atoms with Crippen LogP contribution in [0.2, 0.25) is 0 Å². The molecule has 0 amide bonds. The quantitative estimate of drug-likeness (QED) is 0.518. The Hall–Kier alpha value is -0.340. The summed E-state index contributed by atoms with van der Waals surface area (Å²) in [6, 6.07) is 0. The molecule has 0 aromatic rings. The summed E-state index contributed by atoms with van der Waals surface area (Å²) in [5, 5.41) is 10.2. The van der Waals surface area contributed by atoms with E-state index >= 15 is 0 Å². The number of aliphatic hydroxyl groups excluding tert-OH is 1. The summed E-state index contributed by atoms with van der Waals surface area (Å²) in [5.74, 6) is 5.46. The van der Waals surface area contributed by atoms with Gasteiger partial charge < -0.3 is 10.6 Å². The second-order valence-electron chi connectivity index (χ2n) is 12.2. The van der Waals surface area contributed by atoms with Crippen molar-refractivity contribution < 1.29 is 10.6 Å². The van der Waals surface area contributed by atoms with Crippen molar-refractivity contribution in [2.24, 2.45) is 46.3 Å². The number of aliphatic hydroxyl groups is 1. The molecule has 0 spiro atoms. The molecule has 4 rings (SSSR count). The molecule has 29 heavy (non-hydrogen) atoms. The molecule has 2 heteroatoms. The summed E-state index contributed by atoms with van der Waals surface area (Å²) in [6.45, 7) is 12.6. The van der Waals surface area contributed by atoms with Gasteiger partial charge in [-0.3, -0.25) is 0 Å². The van der Waals surface area contributed by atoms with Crippen molar-refractivity contribution in [2.75, 3.05) is 0 Å². The molecule has 0 aromatic carbocycles. The van der Waals surface area contributed by atoms with Crippen molar-refractivity contribution in [1.82, 2.24) is 0 Å². The molecule has 0 bridgehead atoms. The highest BCUT2D eigenvalue weighted by molar-refractivity contribution is 5.25. The summed E-state index contributed by atoms with van der Waals surface area (Å²) in [6.07, 6.45) is 17.2. The average molecular weight is 405 g/mol. The minimum Gasteiger partial charge on any atom is -0.412 e. The van der Waals surface area contributed by atoms with Crippen LogP contribution < -0.4 is 0 Å². The van der Waals surface area contributed by atoms with Gasteiger partial charge in [0, 0.05) is 0 Å². The van der Waals surface area contributed by atoms with E-state index in [-0.39, 0.29) is 11.6 Å². The molecule has 3 N–H and O–H groups in total. The van der Waals surface area contributed by atoms with Gasteiger partial charge in [0.25, 0.3) is 0 Å². The van der Waals surface area contributed by atoms with Gasteiger partial charge in [-0.15, -0.1) is 0 Å². The fraction of sp³-hybridized carbons (Fsp3) is 0.926. The summed E-state index contributed by atoms with van der Waals surface area (Å²) in [5.41, 5.74) is 2.60. The largest absolute Gasteiger partial charge is 0.412 e. The Morgan fingerprint density at radius 3 is 2.48 bits per heavy atom. The van der Waals surface area contributed by atoms with Gasteiger partial charge >= 0.3 is 0 Å². The fourth-order valence-electron chi connectivity index (χ4n) is 8.67. The molecule has 0 radical (unpaired) electrons. The Labute approximate surface area is 180 Å². The Balaban J connectivity index is 0.00000240. The Morgan fingerprint density at radius 2 is 1.76 bits per heavy atom. The van der Waals surface area contributed by atoms with Crippen molar-refractivity contribution >= 4 is 0 Å². The molecule has 6 unspecified atom stereocenters. The molecule has 168 valence electrons. The highest BCUT2D eigenvalue weighted by atomic mass is 16.3. The van der Waals surface area contributed by atoms with Crippen LogP contribution in [0.4, 0.5) is 0 Å². The highest BCUT2D eigenvalue weighted by Crippen LogP contribution is 2.67. The molecule has 0 aliphatic heterocycles. The van der Waals surface area contributed by atoms with E-state index in [4.69, 9.17) is 0 Å². The van der Waals surface area contributed by atoms with E-state index < -0.39 is 0 Å². The Morgan fingerprint density at radius 1 is 1.00 bits per heavy atom. The maximum atomic E-state index is 10.2. The maximum Gasteiger partial charge on any atom is 0.0577 e. The standard InChI is InChI=1S/C27H46O.H2O/c1-18(2)7-6-8-19(3)23-11-12-24-22-10-9-20-17-21(28)13-15-26(20,4)25(22)14-16-27(23,24)5;/h9,18-19,21-25,28H,6-8,10-17H2,1-5H3;1H2/t19?,21-,22?,23+,24?,25?,26?,27?;/m0./s1. The lowest BCUT2D eigenvalue weighted by Gasteiger charge is -2.58. The molecular weight excluding hydrogens is 356 g/mol. The summed E-state index contributed by atoms with van der Waals surface area (Å²) < 4.78 is 0. The van der Waals surface area contributed by atoms with Crippen molar-refractivity contribution in [1.29, 1.82) is 0 Å². The van der Waals surface area contributed by atoms with E-state index in [1.807, 2.05) is 0 Å². The zero-order valence-electron chi connectivity index (χ0n) is 19.8. The number of hydrogen-bond donors (Lipinski definition) is 1. The first-order valence-corrected chi connectivity index (χ1v) is 12.6. The van der Waals surface area contributed by atoms with Crippen LogP contribution in [-0.2, 0) is 0 Å². The van der Waals surface area contributed by atoms with E-state index in [9.17, 15) is 5.11 Å². The Kier molecular flexibility index (Phi) is 6.96. The number of fused-ring (bicyclic) bond motifs is 5. The van der Waals surface area contributed by atoms with E-state index in [2.05, 4.69) is 40.7 Å². The summed E-state index contributed by atoms with van der Waals surface area (Å²) >= 11 is 0. The van der Waals surface area contributed by atoms with Crippen LogP contribution in [-0.4, -0.2) is 16.7 Å². The van der Waals surface area contributed by atoms with E-state index in [1.165, 1.54) is 57.8 Å². The molecule has 0 heterocycles. The topological polar surface area (TPSA) is 51.7 Å². The van der Waals surface area contributed by atoms with Crippen LogP contribution in [0.25, 0.3) is 0 Å². The van der Waals surface area contributed by atoms with Gasteiger partial charge in [0.15, 0.2) is 0 Å². The number of rotatable bonds is 5. The third-order valence-electron chi connectivity index (χ3n) is 10.3. The monoisotopic (exact) mass is 404 g/mol. The third-order valence-corrected chi connectivity index (χ3v) is 10.3. The second-order valence-corrected chi connectivity index (χ2v) is 12.2. The molecular formula is C27H48O2. The van der Waals surface area contributed by atoms with Crippen molar-refractivity contribution in [3.05, 3.63) is 11.6 Å². The molecule has 2 nitrogen and oxygen atoms in total. The molecule has 3 saturated carbocycles. The predicted molar refractivity (Wildman–Crippen MR) is 123 cm³/mol. The second kappa shape index (κ2) is 8.65. The molecule has 3 fully saturated rings. The van der Waals surface area contributed by atoms with E-state index in [0.29, 0.717) is 10.8 Å². The first-order chi connectivity index (χ1) is 13.3. The van der Waals surface area contributed by atoms with Gasteiger partial charge in [0.1, 0.15) is 0 Å². The molecule has 8 atom stereocenters. The van der Waals surface area contributed by atoms with E-state index in [0.717, 1.165) is 48.3 Å². The van der Waals surface area contributed by atoms with Crippen LogP contribution in [0, 0.1) is 46.3 Å². The minimum atomic E-state index is -0.0766. The lowest BCUT2D eigenvalue weighted by atomic mass is 9.47. The van der Waals surface area contributed by atoms with Crippen molar-refractivity contribution in [3.63, 3.8) is 0 Å². The first kappa shape index (κ1) is 23.3. The molecule has 4 aliphatic carbocycles. The van der Waals surface area contributed by atoms with Gasteiger partial charge in [-0.25, -0.2) is 0 Å². The third kappa shape index (κ3) is 3.98. The molecule has 0 saturated heterocycles. The highest BCUT2D eigenvalue weighted by Gasteiger charge is 2.59. The van der Waals surface area contributed by atoms with Gasteiger partial charge in [-0.05, 0) is 97.7 Å². The first-order valence-electron chi connectivity index (χ1n) is 12.6. The van der Waals surface area contributed by atoms with Gasteiger partial charge in [0.2, 0.25) is 0 Å². The Bertz CT molecular complexity index is 595. The fourth-order valence-corrected chi connectivity index (χ4v) is 8.67. The van der Waals surface area contributed by atoms with Gasteiger partial charge in [-0.2, -0.15) is 0 Å². The molecule has 0 aromatic heterocycles. The van der Waals surface area contributed by atoms with Crippen LogP contribution in [0.15, 0.2) is 11.6 Å². The SMILES string of the molecule is CC(C)CCCC(C)[C@H]1CCC2C3CC=C4C[C@@H](O)CCC4(C)C3CCC21C.O. The van der Waals surface area contributed by atoms with Crippen LogP contribution in [0.5, 0.6) is 0 Å². The minimum absolute atomic E-state index is 0. The predicted octanol–water partition coefficient (Wildman–Crippen LogP) is 6.56. The lowest BCUT2D eigenvalue weighted by molar-refractivity contribution is -0.0573. The van der Waals surface area contributed by atoms with Crippen molar-refractivity contribution in [2.45, 2.75) is 111 Å². The van der Waals surface area contributed by atoms with E-state index in [1.54, 1.807) is 5.57 Å². The smallest absolute Gasteiger partial charge is 0.0577 e. The molecule has 4 aliphatic rings. The number of hydrogen-bond acceptors (Lipinski definition) is 1.